The van der Waals surface area contributed by atoms with E-state index in [9.17, 15) is 9.59 Å². The van der Waals surface area contributed by atoms with Gasteiger partial charge in [0, 0.05) is 53.6 Å². The lowest BCUT2D eigenvalue weighted by Crippen LogP contribution is -2.47. The summed E-state index contributed by atoms with van der Waals surface area (Å²) < 4.78 is 2.55. The van der Waals surface area contributed by atoms with Crippen LogP contribution in [0.2, 0.25) is 0 Å². The molecule has 0 bridgehead atoms. The van der Waals surface area contributed by atoms with Gasteiger partial charge in [-0.15, -0.1) is 11.8 Å². The average molecular weight is 520 g/mol. The van der Waals surface area contributed by atoms with E-state index in [0.717, 1.165) is 46.3 Å². The molecule has 2 heterocycles. The third-order valence-electron chi connectivity index (χ3n) is 6.27. The summed E-state index contributed by atoms with van der Waals surface area (Å²) in [6.07, 6.45) is 4.74. The summed E-state index contributed by atoms with van der Waals surface area (Å²) in [4.78, 5) is 29.2. The van der Waals surface area contributed by atoms with Crippen molar-refractivity contribution in [1.29, 1.82) is 0 Å². The highest BCUT2D eigenvalue weighted by Crippen LogP contribution is 2.36. The Labute approximate surface area is 201 Å². The second kappa shape index (κ2) is 10.5. The van der Waals surface area contributed by atoms with Gasteiger partial charge in [-0.05, 0) is 67.1 Å². The molecule has 1 aromatic carbocycles. The van der Waals surface area contributed by atoms with Gasteiger partial charge in [-0.1, -0.05) is 15.9 Å². The highest BCUT2D eigenvalue weighted by Gasteiger charge is 2.40. The molecule has 1 saturated carbocycles. The van der Waals surface area contributed by atoms with Gasteiger partial charge in [0.1, 0.15) is 0 Å². The monoisotopic (exact) mass is 519 g/mol. The second-order valence-electron chi connectivity index (χ2n) is 8.68. The fraction of sp³-hybridized carbons (Fsp3) is 0.500. The van der Waals surface area contributed by atoms with Crippen LogP contribution in [0, 0.1) is 5.92 Å². The number of aliphatic hydroxyl groups excluding tert-OH is 1. The van der Waals surface area contributed by atoms with E-state index in [2.05, 4.69) is 33.4 Å². The number of thioether (sulfide) groups is 1. The minimum atomic E-state index is -0.174. The van der Waals surface area contributed by atoms with Gasteiger partial charge in [0.15, 0.2) is 0 Å². The predicted molar refractivity (Wildman–Crippen MR) is 131 cm³/mol. The average Bonchev–Trinajstić information content (AvgIpc) is 3.62. The first-order valence-electron chi connectivity index (χ1n) is 11.2. The molecule has 0 spiro atoms. The maximum atomic E-state index is 13.8. The summed E-state index contributed by atoms with van der Waals surface area (Å²) in [7, 11) is 1.75. The summed E-state index contributed by atoms with van der Waals surface area (Å²) in [6, 6.07) is 10.2. The Morgan fingerprint density at radius 2 is 2.09 bits per heavy atom. The number of piperidine rings is 1. The largest absolute Gasteiger partial charge is 0.396 e. The van der Waals surface area contributed by atoms with E-state index in [1.54, 1.807) is 35.6 Å². The Morgan fingerprint density at radius 1 is 1.28 bits per heavy atom. The number of benzene rings is 1. The van der Waals surface area contributed by atoms with Gasteiger partial charge in [0.2, 0.25) is 5.91 Å². The number of halogens is 1. The maximum Gasteiger partial charge on any atom is 0.250 e. The van der Waals surface area contributed by atoms with Crippen molar-refractivity contribution in [2.75, 3.05) is 25.4 Å². The topological polar surface area (TPSA) is 74.6 Å². The van der Waals surface area contributed by atoms with E-state index in [1.807, 2.05) is 17.0 Å². The third kappa shape index (κ3) is 5.65. The molecule has 8 heteroatoms. The Kier molecular flexibility index (Phi) is 7.76. The van der Waals surface area contributed by atoms with Gasteiger partial charge in [-0.2, -0.15) is 0 Å². The molecule has 2 fully saturated rings. The Morgan fingerprint density at radius 3 is 2.81 bits per heavy atom. The van der Waals surface area contributed by atoms with Crippen molar-refractivity contribution in [1.82, 2.24) is 14.8 Å². The molecule has 172 valence electrons. The molecule has 2 atom stereocenters. The lowest BCUT2D eigenvalue weighted by Gasteiger charge is -2.35. The number of pyridine rings is 1. The highest BCUT2D eigenvalue weighted by molar-refractivity contribution is 9.10. The van der Waals surface area contributed by atoms with Crippen LogP contribution in [0.4, 0.5) is 0 Å². The standard InChI is InChI=1S/C24H30BrN3O3S/c1-27-7-5-17(12-23(27)30)21-4-6-26-14-22(21)24(31)28(19-2-3-19)15-16-10-18(25)13-20(11-16)32-9-8-29/h5,7,10-13,19,21-22,26,29H,2-4,6,8-9,14-15H2,1H3. The summed E-state index contributed by atoms with van der Waals surface area (Å²) in [5.74, 6) is 0.700. The van der Waals surface area contributed by atoms with Gasteiger partial charge in [-0.3, -0.25) is 9.59 Å². The van der Waals surface area contributed by atoms with Gasteiger partial charge in [-0.25, -0.2) is 0 Å². The number of aromatic nitrogens is 1. The first kappa shape index (κ1) is 23.5. The zero-order valence-electron chi connectivity index (χ0n) is 18.3. The molecule has 0 radical (unpaired) electrons. The fourth-order valence-corrected chi connectivity index (χ4v) is 5.92. The molecule has 6 nitrogen and oxygen atoms in total. The summed E-state index contributed by atoms with van der Waals surface area (Å²) in [5, 5.41) is 12.5. The molecule has 1 saturated heterocycles. The van der Waals surface area contributed by atoms with Crippen LogP contribution in [0.15, 0.2) is 50.7 Å². The molecule has 2 unspecified atom stereocenters. The van der Waals surface area contributed by atoms with Gasteiger partial charge < -0.3 is 19.9 Å². The Bertz CT molecular complexity index is 1020. The number of rotatable bonds is 8. The van der Waals surface area contributed by atoms with Crippen molar-refractivity contribution in [3.8, 4) is 0 Å². The van der Waals surface area contributed by atoms with Crippen LogP contribution in [0.3, 0.4) is 0 Å². The molecule has 32 heavy (non-hydrogen) atoms. The quantitative estimate of drug-likeness (QED) is 0.524. The van der Waals surface area contributed by atoms with Crippen LogP contribution in [-0.2, 0) is 18.4 Å². The number of amides is 1. The van der Waals surface area contributed by atoms with Crippen LogP contribution in [0.25, 0.3) is 0 Å². The van der Waals surface area contributed by atoms with Crippen molar-refractivity contribution >= 4 is 33.6 Å². The minimum absolute atomic E-state index is 0.0340. The van der Waals surface area contributed by atoms with Crippen molar-refractivity contribution < 1.29 is 9.90 Å². The van der Waals surface area contributed by atoms with Crippen LogP contribution in [0.1, 0.15) is 36.3 Å². The number of carbonyl (C=O) groups is 1. The van der Waals surface area contributed by atoms with Crippen molar-refractivity contribution in [3.05, 3.63) is 62.5 Å². The lowest BCUT2D eigenvalue weighted by atomic mass is 9.80. The summed E-state index contributed by atoms with van der Waals surface area (Å²) >= 11 is 5.20. The second-order valence-corrected chi connectivity index (χ2v) is 10.8. The number of nitrogens with one attached hydrogen (secondary N) is 1. The molecule has 4 rings (SSSR count). The number of hydrogen-bond acceptors (Lipinski definition) is 5. The molecule has 1 aromatic heterocycles. The summed E-state index contributed by atoms with van der Waals surface area (Å²) in [6.45, 7) is 2.20. The number of aliphatic hydroxyl groups is 1. The number of hydrogen-bond donors (Lipinski definition) is 2. The number of carbonyl (C=O) groups excluding carboxylic acids is 1. The van der Waals surface area contributed by atoms with Crippen molar-refractivity contribution in [3.63, 3.8) is 0 Å². The number of aryl methyl sites for hydroxylation is 1. The first-order valence-corrected chi connectivity index (χ1v) is 12.9. The lowest BCUT2D eigenvalue weighted by molar-refractivity contribution is -0.138. The smallest absolute Gasteiger partial charge is 0.250 e. The van der Waals surface area contributed by atoms with E-state index in [-0.39, 0.29) is 29.9 Å². The van der Waals surface area contributed by atoms with Gasteiger partial charge in [0.05, 0.1) is 12.5 Å². The normalized spacial score (nSPS) is 20.8. The van der Waals surface area contributed by atoms with E-state index in [1.165, 1.54) is 0 Å². The molecule has 2 aromatic rings. The van der Waals surface area contributed by atoms with E-state index >= 15 is 0 Å². The van der Waals surface area contributed by atoms with Crippen molar-refractivity contribution in [2.24, 2.45) is 13.0 Å². The third-order valence-corrected chi connectivity index (χ3v) is 7.68. The molecular weight excluding hydrogens is 490 g/mol. The first-order chi connectivity index (χ1) is 15.5. The Hall–Kier alpha value is -1.61. The molecule has 1 aliphatic carbocycles. The van der Waals surface area contributed by atoms with Crippen LogP contribution in [-0.4, -0.2) is 52.0 Å². The molecular formula is C24H30BrN3O3S. The zero-order chi connectivity index (χ0) is 22.7. The van der Waals surface area contributed by atoms with Gasteiger partial charge >= 0.3 is 0 Å². The minimum Gasteiger partial charge on any atom is -0.396 e. The van der Waals surface area contributed by atoms with E-state index < -0.39 is 0 Å². The van der Waals surface area contributed by atoms with Crippen LogP contribution in [0.5, 0.6) is 0 Å². The maximum absolute atomic E-state index is 13.8. The van der Waals surface area contributed by atoms with Crippen LogP contribution >= 0.6 is 27.7 Å². The molecule has 2 N–H and O–H groups in total. The zero-order valence-corrected chi connectivity index (χ0v) is 20.7. The van der Waals surface area contributed by atoms with Gasteiger partial charge in [0.25, 0.3) is 5.56 Å². The summed E-state index contributed by atoms with van der Waals surface area (Å²) in [5.41, 5.74) is 2.02. The van der Waals surface area contributed by atoms with Crippen molar-refractivity contribution in [2.45, 2.75) is 42.7 Å². The SMILES string of the molecule is Cn1ccc(C2CCNCC2C(=O)N(Cc2cc(Br)cc(SCCO)c2)C2CC2)cc1=O. The Balaban J connectivity index is 1.56. The van der Waals surface area contributed by atoms with E-state index in [4.69, 9.17) is 5.11 Å². The molecule has 1 aliphatic heterocycles. The molecule has 1 amide bonds. The molecule has 2 aliphatic rings. The number of nitrogens with zero attached hydrogens (tertiary/aromatic N) is 2. The fourth-order valence-electron chi connectivity index (χ4n) is 4.45. The predicted octanol–water partition coefficient (Wildman–Crippen LogP) is 3.12. The highest BCUT2D eigenvalue weighted by atomic mass is 79.9. The van der Waals surface area contributed by atoms with E-state index in [0.29, 0.717) is 24.9 Å². The van der Waals surface area contributed by atoms with Crippen LogP contribution < -0.4 is 10.9 Å².